The van der Waals surface area contributed by atoms with E-state index in [4.69, 9.17) is 17.3 Å². The smallest absolute Gasteiger partial charge is 0.237 e. The molecule has 0 saturated heterocycles. The second-order valence-corrected chi connectivity index (χ2v) is 12.3. The van der Waals surface area contributed by atoms with Crippen LogP contribution >= 0.6 is 11.6 Å². The van der Waals surface area contributed by atoms with Crippen LogP contribution in [-0.4, -0.2) is 29.4 Å². The first-order valence-corrected chi connectivity index (χ1v) is 13.4. The molecular weight excluding hydrogens is 491 g/mol. The van der Waals surface area contributed by atoms with E-state index >= 15 is 0 Å². The molecule has 3 rings (SSSR count). The van der Waals surface area contributed by atoms with Crippen LogP contribution in [0.4, 0.5) is 10.1 Å². The van der Waals surface area contributed by atoms with E-state index in [1.165, 1.54) is 12.1 Å². The van der Waals surface area contributed by atoms with Gasteiger partial charge in [0.15, 0.2) is 0 Å². The molecule has 0 aliphatic heterocycles. The van der Waals surface area contributed by atoms with Crippen LogP contribution in [0.25, 0.3) is 0 Å². The second kappa shape index (κ2) is 11.9. The Morgan fingerprint density at radius 1 is 1.22 bits per heavy atom. The lowest BCUT2D eigenvalue weighted by atomic mass is 9.62. The van der Waals surface area contributed by atoms with Crippen molar-refractivity contribution in [1.82, 2.24) is 10.3 Å². The van der Waals surface area contributed by atoms with Gasteiger partial charge in [-0.25, -0.2) is 4.39 Å². The van der Waals surface area contributed by atoms with E-state index in [0.717, 1.165) is 24.8 Å². The van der Waals surface area contributed by atoms with Crippen molar-refractivity contribution in [3.63, 3.8) is 0 Å². The first kappa shape index (κ1) is 29.1. The van der Waals surface area contributed by atoms with Crippen molar-refractivity contribution in [3.05, 3.63) is 59.1 Å². The lowest BCUT2D eigenvalue weighted by Crippen LogP contribution is -2.52. The molecule has 0 radical (unpaired) electrons. The molecule has 1 aliphatic rings. The molecule has 4 atom stereocenters. The molecule has 1 aromatic heterocycles. The summed E-state index contributed by atoms with van der Waals surface area (Å²) in [6.45, 7) is 10.5. The Kier molecular flexibility index (Phi) is 9.35. The molecule has 0 bridgehead atoms. The summed E-state index contributed by atoms with van der Waals surface area (Å²) in [6.07, 6.45) is 6.34. The first-order valence-electron chi connectivity index (χ1n) is 13.0. The topological polar surface area (TPSA) is 97.1 Å². The lowest BCUT2D eigenvalue weighted by Gasteiger charge is -2.43. The van der Waals surface area contributed by atoms with Crippen LogP contribution in [0.15, 0.2) is 42.7 Å². The average Bonchev–Trinajstić information content (AvgIpc) is 2.81. The fraction of sp³-hybridized carbons (Fsp3) is 0.552. The van der Waals surface area contributed by atoms with Gasteiger partial charge in [0.1, 0.15) is 5.82 Å². The van der Waals surface area contributed by atoms with Crippen LogP contribution < -0.4 is 16.4 Å². The van der Waals surface area contributed by atoms with Crippen LogP contribution in [0.1, 0.15) is 65.9 Å². The van der Waals surface area contributed by atoms with Gasteiger partial charge in [0.2, 0.25) is 11.8 Å². The molecule has 4 unspecified atom stereocenters. The van der Waals surface area contributed by atoms with Crippen LogP contribution in [0.3, 0.4) is 0 Å². The summed E-state index contributed by atoms with van der Waals surface area (Å²) in [5.74, 6) is -0.0823. The maximum Gasteiger partial charge on any atom is 0.237 e. The molecule has 2 amide bonds. The van der Waals surface area contributed by atoms with Crippen molar-refractivity contribution in [2.75, 3.05) is 11.9 Å². The summed E-state index contributed by atoms with van der Waals surface area (Å²) >= 11 is 6.27. The zero-order chi connectivity index (χ0) is 27.4. The number of anilines is 1. The predicted octanol–water partition coefficient (Wildman–Crippen LogP) is 5.70. The monoisotopic (exact) mass is 530 g/mol. The fourth-order valence-corrected chi connectivity index (χ4v) is 6.11. The van der Waals surface area contributed by atoms with Gasteiger partial charge in [0.05, 0.1) is 6.04 Å². The molecule has 1 aromatic carbocycles. The van der Waals surface area contributed by atoms with Crippen molar-refractivity contribution < 1.29 is 14.0 Å². The maximum atomic E-state index is 13.5. The molecule has 0 spiro atoms. The number of hydrogen-bond acceptors (Lipinski definition) is 4. The standard InChI is InChI=1S/C29H40ClFN4O2/c1-18(2)12-19-13-20(16-29(5,15-19)27(37)35-22-8-10-33-11-9-22)25(32)26(36)34-17-28(3,4)23-7-6-21(31)14-24(23)30/h6-11,14,18-20,25H,12-13,15-17,32H2,1-5H3,(H,34,36)(H,33,35,37). The molecule has 1 aliphatic carbocycles. The van der Waals surface area contributed by atoms with Crippen molar-refractivity contribution in [1.29, 1.82) is 0 Å². The maximum absolute atomic E-state index is 13.5. The van der Waals surface area contributed by atoms with E-state index in [1.54, 1.807) is 30.6 Å². The summed E-state index contributed by atoms with van der Waals surface area (Å²) in [5.41, 5.74) is 6.83. The number of nitrogens with one attached hydrogen (secondary N) is 2. The number of rotatable bonds is 9. The molecule has 1 heterocycles. The summed E-state index contributed by atoms with van der Waals surface area (Å²) in [6, 6.07) is 7.08. The molecule has 2 aromatic rings. The quantitative estimate of drug-likeness (QED) is 0.387. The van der Waals surface area contributed by atoms with Gasteiger partial charge in [-0.1, -0.05) is 52.3 Å². The van der Waals surface area contributed by atoms with Crippen LogP contribution in [0.2, 0.25) is 5.02 Å². The number of nitrogens with two attached hydrogens (primary N) is 1. The highest BCUT2D eigenvalue weighted by Gasteiger charge is 2.45. The molecule has 202 valence electrons. The molecule has 37 heavy (non-hydrogen) atoms. The third kappa shape index (κ3) is 7.51. The zero-order valence-corrected chi connectivity index (χ0v) is 23.2. The number of benzene rings is 1. The Morgan fingerprint density at radius 2 is 1.89 bits per heavy atom. The summed E-state index contributed by atoms with van der Waals surface area (Å²) < 4.78 is 13.5. The number of halogens is 2. The molecule has 6 nitrogen and oxygen atoms in total. The highest BCUT2D eigenvalue weighted by Crippen LogP contribution is 2.46. The predicted molar refractivity (Wildman–Crippen MR) is 147 cm³/mol. The highest BCUT2D eigenvalue weighted by atomic mass is 35.5. The van der Waals surface area contributed by atoms with Crippen molar-refractivity contribution in [3.8, 4) is 0 Å². The Hall–Kier alpha value is -2.51. The normalized spacial score (nSPS) is 22.9. The Labute approximate surface area is 225 Å². The van der Waals surface area contributed by atoms with Crippen LogP contribution in [-0.2, 0) is 15.0 Å². The third-order valence-electron chi connectivity index (χ3n) is 7.55. The summed E-state index contributed by atoms with van der Waals surface area (Å²) in [4.78, 5) is 30.6. The van der Waals surface area contributed by atoms with E-state index in [1.807, 2.05) is 20.8 Å². The van der Waals surface area contributed by atoms with Gasteiger partial charge in [-0.05, 0) is 73.3 Å². The van der Waals surface area contributed by atoms with Gasteiger partial charge in [0, 0.05) is 40.5 Å². The fourth-order valence-electron chi connectivity index (χ4n) is 5.69. The average molecular weight is 531 g/mol. The number of nitrogens with zero attached hydrogens (tertiary/aromatic N) is 1. The van der Waals surface area contributed by atoms with E-state index in [9.17, 15) is 14.0 Å². The molecule has 1 fully saturated rings. The van der Waals surface area contributed by atoms with E-state index in [0.29, 0.717) is 35.5 Å². The number of pyridine rings is 1. The van der Waals surface area contributed by atoms with Gasteiger partial charge in [0.25, 0.3) is 0 Å². The van der Waals surface area contributed by atoms with E-state index in [2.05, 4.69) is 29.5 Å². The molecule has 8 heteroatoms. The van der Waals surface area contributed by atoms with E-state index in [-0.39, 0.29) is 17.7 Å². The first-order chi connectivity index (χ1) is 17.3. The Bertz CT molecular complexity index is 1090. The molecular formula is C29H40ClFN4O2. The largest absolute Gasteiger partial charge is 0.354 e. The number of hydrogen-bond donors (Lipinski definition) is 3. The van der Waals surface area contributed by atoms with Gasteiger partial charge >= 0.3 is 0 Å². The molecule has 4 N–H and O–H groups in total. The zero-order valence-electron chi connectivity index (χ0n) is 22.5. The second-order valence-electron chi connectivity index (χ2n) is 11.9. The van der Waals surface area contributed by atoms with E-state index < -0.39 is 22.7 Å². The number of amides is 2. The SMILES string of the molecule is CC(C)CC1CC(C(N)C(=O)NCC(C)(C)c2ccc(F)cc2Cl)CC(C)(C(=O)Nc2ccncc2)C1. The highest BCUT2D eigenvalue weighted by molar-refractivity contribution is 6.31. The number of carbonyl (C=O) groups excluding carboxylic acids is 2. The van der Waals surface area contributed by atoms with Crippen LogP contribution in [0, 0.1) is 29.0 Å². The van der Waals surface area contributed by atoms with Crippen LogP contribution in [0.5, 0.6) is 0 Å². The Morgan fingerprint density at radius 3 is 2.51 bits per heavy atom. The third-order valence-corrected chi connectivity index (χ3v) is 7.87. The van der Waals surface area contributed by atoms with Gasteiger partial charge in [-0.15, -0.1) is 0 Å². The minimum atomic E-state index is -0.748. The number of carbonyl (C=O) groups is 2. The number of aromatic nitrogens is 1. The minimum absolute atomic E-state index is 0.0585. The summed E-state index contributed by atoms with van der Waals surface area (Å²) in [7, 11) is 0. The Balaban J connectivity index is 1.72. The summed E-state index contributed by atoms with van der Waals surface area (Å²) in [5, 5.41) is 6.34. The van der Waals surface area contributed by atoms with Crippen molar-refractivity contribution in [2.24, 2.45) is 28.9 Å². The van der Waals surface area contributed by atoms with Crippen molar-refractivity contribution >= 4 is 29.1 Å². The minimum Gasteiger partial charge on any atom is -0.354 e. The van der Waals surface area contributed by atoms with Gasteiger partial charge in [-0.3, -0.25) is 14.6 Å². The van der Waals surface area contributed by atoms with Gasteiger partial charge < -0.3 is 16.4 Å². The molecule has 1 saturated carbocycles. The van der Waals surface area contributed by atoms with Crippen molar-refractivity contribution in [2.45, 2.75) is 71.8 Å². The lowest BCUT2D eigenvalue weighted by molar-refractivity contribution is -0.131. The van der Waals surface area contributed by atoms with Gasteiger partial charge in [-0.2, -0.15) is 0 Å².